The largest absolute Gasteiger partial charge is 0.296 e. The highest BCUT2D eigenvalue weighted by Crippen LogP contribution is 2.33. The zero-order valence-corrected chi connectivity index (χ0v) is 15.0. The quantitative estimate of drug-likeness (QED) is 0.837. The molecule has 3 aliphatic heterocycles. The van der Waals surface area contributed by atoms with E-state index in [0.29, 0.717) is 16.7 Å². The van der Waals surface area contributed by atoms with E-state index in [1.165, 1.54) is 11.3 Å². The molecule has 0 unspecified atom stereocenters. The van der Waals surface area contributed by atoms with Gasteiger partial charge < -0.3 is 0 Å². The van der Waals surface area contributed by atoms with E-state index < -0.39 is 10.0 Å². The third kappa shape index (κ3) is 3.13. The molecule has 2 aromatic rings. The number of aromatic nitrogens is 1. The van der Waals surface area contributed by atoms with Crippen LogP contribution in [0.2, 0.25) is 0 Å². The van der Waals surface area contributed by atoms with Gasteiger partial charge in [0.15, 0.2) is 0 Å². The van der Waals surface area contributed by atoms with Crippen molar-refractivity contribution in [2.24, 2.45) is 5.92 Å². The van der Waals surface area contributed by atoms with Gasteiger partial charge in [0.2, 0.25) is 0 Å². The molecule has 3 aliphatic rings. The van der Waals surface area contributed by atoms with Crippen molar-refractivity contribution in [3.05, 3.63) is 47.6 Å². The molecular formula is C17H21N3O2S2. The molecule has 128 valence electrons. The Morgan fingerprint density at radius 3 is 2.79 bits per heavy atom. The lowest BCUT2D eigenvalue weighted by molar-refractivity contribution is 0.226. The van der Waals surface area contributed by atoms with Crippen LogP contribution in [0.1, 0.15) is 18.5 Å². The maximum Gasteiger partial charge on any atom is 0.252 e. The minimum Gasteiger partial charge on any atom is -0.296 e. The molecule has 5 rings (SSSR count). The minimum atomic E-state index is -3.36. The van der Waals surface area contributed by atoms with Crippen LogP contribution in [0.15, 0.2) is 46.1 Å². The van der Waals surface area contributed by atoms with Crippen molar-refractivity contribution in [2.45, 2.75) is 29.6 Å². The molecule has 0 aromatic carbocycles. The van der Waals surface area contributed by atoms with Crippen molar-refractivity contribution in [1.82, 2.24) is 14.2 Å². The Bertz CT molecular complexity index is 777. The van der Waals surface area contributed by atoms with Crippen LogP contribution in [0.5, 0.6) is 0 Å². The molecule has 5 nitrogen and oxygen atoms in total. The van der Waals surface area contributed by atoms with Gasteiger partial charge in [-0.25, -0.2) is 8.42 Å². The normalized spacial score (nSPS) is 25.7. The molecule has 2 aromatic heterocycles. The van der Waals surface area contributed by atoms with Gasteiger partial charge in [0.05, 0.1) is 5.69 Å². The van der Waals surface area contributed by atoms with Gasteiger partial charge in [-0.05, 0) is 42.3 Å². The summed E-state index contributed by atoms with van der Waals surface area (Å²) in [5, 5.41) is 1.83. The number of thiophene rings is 1. The van der Waals surface area contributed by atoms with E-state index >= 15 is 0 Å². The molecule has 24 heavy (non-hydrogen) atoms. The zero-order chi connectivity index (χ0) is 16.6. The summed E-state index contributed by atoms with van der Waals surface area (Å²) in [6.07, 6.45) is 3.88. The number of sulfonamides is 1. The third-order valence-electron chi connectivity index (χ3n) is 4.91. The maximum absolute atomic E-state index is 13.0. The monoisotopic (exact) mass is 363 g/mol. The van der Waals surface area contributed by atoms with E-state index in [1.54, 1.807) is 16.4 Å². The average Bonchev–Trinajstić information content (AvgIpc) is 3.00. The molecule has 2 atom stereocenters. The molecule has 0 saturated carbocycles. The predicted molar refractivity (Wildman–Crippen MR) is 94.2 cm³/mol. The average molecular weight is 364 g/mol. The summed E-state index contributed by atoms with van der Waals surface area (Å²) in [6.45, 7) is 3.17. The summed E-state index contributed by atoms with van der Waals surface area (Å²) in [7, 11) is -3.36. The first-order chi connectivity index (χ1) is 11.6. The van der Waals surface area contributed by atoms with E-state index in [0.717, 1.165) is 38.2 Å². The fourth-order valence-electron chi connectivity index (χ4n) is 3.81. The molecule has 2 bridgehead atoms. The first-order valence-electron chi connectivity index (χ1n) is 8.30. The van der Waals surface area contributed by atoms with Crippen LogP contribution < -0.4 is 0 Å². The number of hydrogen-bond acceptors (Lipinski definition) is 5. The number of rotatable bonds is 4. The molecular weight excluding hydrogens is 342 g/mol. The minimum absolute atomic E-state index is 0.0690. The first kappa shape index (κ1) is 16.2. The fraction of sp³-hybridized carbons (Fsp3) is 0.471. The van der Waals surface area contributed by atoms with Gasteiger partial charge in [-0.1, -0.05) is 12.1 Å². The lowest BCUT2D eigenvalue weighted by Gasteiger charge is -2.34. The van der Waals surface area contributed by atoms with Crippen molar-refractivity contribution >= 4 is 21.4 Å². The molecule has 7 heteroatoms. The highest BCUT2D eigenvalue weighted by Gasteiger charge is 2.41. The van der Waals surface area contributed by atoms with Gasteiger partial charge in [-0.15, -0.1) is 11.3 Å². The fourth-order valence-corrected chi connectivity index (χ4v) is 6.65. The Hall–Kier alpha value is -1.28. The van der Waals surface area contributed by atoms with Crippen molar-refractivity contribution in [3.8, 4) is 0 Å². The number of fused-ring (bicyclic) bond motifs is 4. The lowest BCUT2D eigenvalue weighted by atomic mass is 9.97. The van der Waals surface area contributed by atoms with Crippen LogP contribution in [0.3, 0.4) is 0 Å². The number of piperidine rings is 1. The first-order valence-corrected chi connectivity index (χ1v) is 10.6. The molecule has 3 fully saturated rings. The Labute approximate surface area is 147 Å². The van der Waals surface area contributed by atoms with E-state index in [2.05, 4.69) is 9.88 Å². The van der Waals surface area contributed by atoms with Crippen LogP contribution in [0.4, 0.5) is 0 Å². The van der Waals surface area contributed by atoms with Crippen LogP contribution in [0, 0.1) is 5.92 Å². The Morgan fingerprint density at radius 2 is 2.04 bits per heavy atom. The van der Waals surface area contributed by atoms with Crippen LogP contribution >= 0.6 is 11.3 Å². The second kappa shape index (κ2) is 6.55. The topological polar surface area (TPSA) is 53.5 Å². The summed E-state index contributed by atoms with van der Waals surface area (Å²) in [5.74, 6) is 0.405. The van der Waals surface area contributed by atoms with Crippen LogP contribution in [-0.2, 0) is 16.6 Å². The molecule has 3 saturated heterocycles. The Balaban J connectivity index is 1.55. The highest BCUT2D eigenvalue weighted by molar-refractivity contribution is 7.91. The lowest BCUT2D eigenvalue weighted by Crippen LogP contribution is -2.47. The van der Waals surface area contributed by atoms with E-state index in [-0.39, 0.29) is 6.04 Å². The van der Waals surface area contributed by atoms with Crippen molar-refractivity contribution in [2.75, 3.05) is 19.6 Å². The SMILES string of the molecule is O=S(=O)(c1cccs1)N1C[C@H]2CC[C@@H]1CN(Cc1ccccn1)C2. The van der Waals surface area contributed by atoms with Gasteiger partial charge in [0, 0.05) is 38.4 Å². The summed E-state index contributed by atoms with van der Waals surface area (Å²) in [4.78, 5) is 6.78. The van der Waals surface area contributed by atoms with Crippen molar-refractivity contribution in [3.63, 3.8) is 0 Å². The van der Waals surface area contributed by atoms with Crippen LogP contribution in [-0.4, -0.2) is 48.3 Å². The third-order valence-corrected chi connectivity index (χ3v) is 8.20. The maximum atomic E-state index is 13.0. The molecule has 5 heterocycles. The number of hydrogen-bond donors (Lipinski definition) is 0. The standard InChI is InChI=1S/C17H21N3O2S2/c21-24(22,17-5-3-9-23-17)20-11-14-6-7-16(20)13-19(10-14)12-15-4-1-2-8-18-15/h1-5,8-9,14,16H,6-7,10-13H2/t14-,16+/m0/s1. The van der Waals surface area contributed by atoms with Gasteiger partial charge in [0.25, 0.3) is 10.0 Å². The van der Waals surface area contributed by atoms with Gasteiger partial charge in [0.1, 0.15) is 4.21 Å². The molecule has 0 aliphatic carbocycles. The summed E-state index contributed by atoms with van der Waals surface area (Å²) in [5.41, 5.74) is 1.05. The second-order valence-electron chi connectivity index (χ2n) is 6.62. The highest BCUT2D eigenvalue weighted by atomic mass is 32.2. The summed E-state index contributed by atoms with van der Waals surface area (Å²) >= 11 is 1.31. The number of nitrogens with zero attached hydrogens (tertiary/aromatic N) is 3. The van der Waals surface area contributed by atoms with Crippen molar-refractivity contribution < 1.29 is 8.42 Å². The predicted octanol–water partition coefficient (Wildman–Crippen LogP) is 2.43. The van der Waals surface area contributed by atoms with E-state index in [9.17, 15) is 8.42 Å². The van der Waals surface area contributed by atoms with Crippen LogP contribution in [0.25, 0.3) is 0 Å². The van der Waals surface area contributed by atoms with E-state index in [1.807, 2.05) is 29.8 Å². The molecule has 0 amide bonds. The molecule has 0 N–H and O–H groups in total. The zero-order valence-electron chi connectivity index (χ0n) is 13.4. The second-order valence-corrected chi connectivity index (χ2v) is 9.68. The molecule has 0 spiro atoms. The Morgan fingerprint density at radius 1 is 1.12 bits per heavy atom. The summed E-state index contributed by atoms with van der Waals surface area (Å²) < 4.78 is 28.1. The smallest absolute Gasteiger partial charge is 0.252 e. The van der Waals surface area contributed by atoms with E-state index in [4.69, 9.17) is 0 Å². The van der Waals surface area contributed by atoms with Gasteiger partial charge >= 0.3 is 0 Å². The number of pyridine rings is 1. The van der Waals surface area contributed by atoms with Crippen molar-refractivity contribution in [1.29, 1.82) is 0 Å². The summed E-state index contributed by atoms with van der Waals surface area (Å²) in [6, 6.07) is 9.55. The molecule has 0 radical (unpaired) electrons. The van der Waals surface area contributed by atoms with Gasteiger partial charge in [-0.2, -0.15) is 4.31 Å². The Kier molecular flexibility index (Phi) is 4.42. The van der Waals surface area contributed by atoms with Gasteiger partial charge in [-0.3, -0.25) is 9.88 Å².